The van der Waals surface area contributed by atoms with E-state index in [9.17, 15) is 4.79 Å². The fraction of sp³-hybridized carbons (Fsp3) is 0.609. The lowest BCUT2D eigenvalue weighted by Crippen LogP contribution is -2.36. The van der Waals surface area contributed by atoms with E-state index < -0.39 is 0 Å². The molecule has 1 saturated carbocycles. The maximum absolute atomic E-state index is 13.1. The topological polar surface area (TPSA) is 63.5 Å². The summed E-state index contributed by atoms with van der Waals surface area (Å²) in [6.45, 7) is 5.18. The molecule has 166 valence electrons. The van der Waals surface area contributed by atoms with E-state index >= 15 is 0 Å². The number of nitrogens with zero attached hydrogens (tertiary/aromatic N) is 5. The van der Waals surface area contributed by atoms with Crippen molar-refractivity contribution in [1.82, 2.24) is 14.8 Å². The smallest absolute Gasteiger partial charge is 0.237 e. The van der Waals surface area contributed by atoms with Crippen LogP contribution in [-0.4, -0.2) is 53.2 Å². The van der Waals surface area contributed by atoms with Crippen molar-refractivity contribution in [3.05, 3.63) is 23.8 Å². The first kappa shape index (κ1) is 20.7. The van der Waals surface area contributed by atoms with Crippen LogP contribution in [-0.2, 0) is 11.2 Å². The van der Waals surface area contributed by atoms with Gasteiger partial charge in [0, 0.05) is 31.4 Å². The molecule has 1 saturated heterocycles. The summed E-state index contributed by atoms with van der Waals surface area (Å²) in [5.74, 6) is 3.15. The Morgan fingerprint density at radius 1 is 1.16 bits per heavy atom. The highest BCUT2D eigenvalue weighted by Crippen LogP contribution is 2.41. The lowest BCUT2D eigenvalue weighted by atomic mass is 10.00. The van der Waals surface area contributed by atoms with Gasteiger partial charge in [-0.25, -0.2) is 0 Å². The molecule has 5 rings (SSSR count). The number of benzene rings is 1. The zero-order valence-electron chi connectivity index (χ0n) is 18.4. The molecule has 0 N–H and O–H groups in total. The predicted octanol–water partition coefficient (Wildman–Crippen LogP) is 3.93. The van der Waals surface area contributed by atoms with Crippen LogP contribution in [0.3, 0.4) is 0 Å². The normalized spacial score (nSPS) is 19.4. The third kappa shape index (κ3) is 4.27. The largest absolute Gasteiger partial charge is 0.497 e. The molecular formula is C23H31N5O2S. The van der Waals surface area contributed by atoms with Crippen LogP contribution in [0, 0.1) is 5.92 Å². The molecule has 1 aromatic heterocycles. The Kier molecular flexibility index (Phi) is 5.82. The van der Waals surface area contributed by atoms with Crippen molar-refractivity contribution < 1.29 is 9.53 Å². The molecule has 1 amide bonds. The Labute approximate surface area is 188 Å². The Hall–Kier alpha value is -2.22. The van der Waals surface area contributed by atoms with E-state index in [1.54, 1.807) is 7.11 Å². The van der Waals surface area contributed by atoms with E-state index in [1.165, 1.54) is 43.0 Å². The maximum Gasteiger partial charge on any atom is 0.237 e. The molecular weight excluding hydrogens is 410 g/mol. The summed E-state index contributed by atoms with van der Waals surface area (Å²) >= 11 is 1.53. The van der Waals surface area contributed by atoms with Gasteiger partial charge in [-0.05, 0) is 68.2 Å². The van der Waals surface area contributed by atoms with E-state index in [1.807, 2.05) is 17.0 Å². The molecule has 1 aromatic carbocycles. The van der Waals surface area contributed by atoms with Crippen LogP contribution in [0.1, 0.15) is 50.6 Å². The van der Waals surface area contributed by atoms with Crippen molar-refractivity contribution in [3.8, 4) is 5.75 Å². The summed E-state index contributed by atoms with van der Waals surface area (Å²) in [6.07, 6.45) is 6.73. The number of fused-ring (bicyclic) bond motifs is 1. The van der Waals surface area contributed by atoms with E-state index in [0.717, 1.165) is 60.9 Å². The number of thioether (sulfide) groups is 1. The number of ether oxygens (including phenoxy) is 1. The Bertz CT molecular complexity index is 949. The number of amides is 1. The van der Waals surface area contributed by atoms with Crippen LogP contribution in [0.4, 0.5) is 11.6 Å². The fourth-order valence-electron chi connectivity index (χ4n) is 4.61. The first-order valence-corrected chi connectivity index (χ1v) is 12.4. The van der Waals surface area contributed by atoms with Gasteiger partial charge in [0.15, 0.2) is 5.16 Å². The molecule has 0 atom stereocenters. The Balaban J connectivity index is 1.29. The monoisotopic (exact) mass is 441 g/mol. The first-order valence-electron chi connectivity index (χ1n) is 11.4. The highest BCUT2D eigenvalue weighted by Gasteiger charge is 2.33. The zero-order valence-corrected chi connectivity index (χ0v) is 19.2. The molecule has 2 aromatic rings. The molecule has 0 unspecified atom stereocenters. The highest BCUT2D eigenvalue weighted by atomic mass is 32.2. The molecule has 8 heteroatoms. The number of methoxy groups -OCH3 is 1. The highest BCUT2D eigenvalue weighted by molar-refractivity contribution is 7.99. The number of hydrogen-bond acceptors (Lipinski definition) is 6. The third-order valence-corrected chi connectivity index (χ3v) is 7.58. The second-order valence-electron chi connectivity index (χ2n) is 8.99. The van der Waals surface area contributed by atoms with Crippen molar-refractivity contribution >= 4 is 29.3 Å². The summed E-state index contributed by atoms with van der Waals surface area (Å²) in [7, 11) is 1.68. The van der Waals surface area contributed by atoms with Gasteiger partial charge < -0.3 is 14.5 Å². The molecule has 1 aliphatic carbocycles. The van der Waals surface area contributed by atoms with E-state index in [2.05, 4.69) is 32.7 Å². The Morgan fingerprint density at radius 3 is 2.71 bits per heavy atom. The molecule has 2 aliphatic heterocycles. The number of hydrogen-bond donors (Lipinski definition) is 0. The summed E-state index contributed by atoms with van der Waals surface area (Å²) in [5.41, 5.74) is 2.20. The van der Waals surface area contributed by atoms with Gasteiger partial charge in [-0.3, -0.25) is 9.36 Å². The van der Waals surface area contributed by atoms with Gasteiger partial charge in [-0.1, -0.05) is 18.7 Å². The van der Waals surface area contributed by atoms with E-state index in [-0.39, 0.29) is 5.91 Å². The van der Waals surface area contributed by atoms with Crippen LogP contribution in [0.2, 0.25) is 0 Å². The number of aryl methyl sites for hydroxylation is 1. The fourth-order valence-corrected chi connectivity index (χ4v) is 5.48. The van der Waals surface area contributed by atoms with Gasteiger partial charge in [-0.2, -0.15) is 0 Å². The molecule has 0 bridgehead atoms. The van der Waals surface area contributed by atoms with Gasteiger partial charge in [0.25, 0.3) is 0 Å². The third-order valence-electron chi connectivity index (χ3n) is 6.66. The molecule has 0 spiro atoms. The number of anilines is 2. The first-order chi connectivity index (χ1) is 15.1. The average Bonchev–Trinajstić information content (AvgIpc) is 3.56. The average molecular weight is 442 g/mol. The van der Waals surface area contributed by atoms with Crippen LogP contribution in [0.5, 0.6) is 5.75 Å². The second kappa shape index (κ2) is 8.73. The molecule has 3 heterocycles. The van der Waals surface area contributed by atoms with Crippen molar-refractivity contribution in [1.29, 1.82) is 0 Å². The Morgan fingerprint density at radius 2 is 1.97 bits per heavy atom. The van der Waals surface area contributed by atoms with Gasteiger partial charge in [0.1, 0.15) is 5.75 Å². The predicted molar refractivity (Wildman–Crippen MR) is 123 cm³/mol. The molecule has 31 heavy (non-hydrogen) atoms. The minimum absolute atomic E-state index is 0.134. The van der Waals surface area contributed by atoms with Gasteiger partial charge in [-0.15, -0.1) is 10.2 Å². The van der Waals surface area contributed by atoms with Gasteiger partial charge in [0.2, 0.25) is 11.9 Å². The van der Waals surface area contributed by atoms with E-state index in [0.29, 0.717) is 11.8 Å². The van der Waals surface area contributed by atoms with Crippen LogP contribution in [0.25, 0.3) is 0 Å². The zero-order chi connectivity index (χ0) is 21.4. The van der Waals surface area contributed by atoms with Crippen molar-refractivity contribution in [2.75, 3.05) is 42.3 Å². The van der Waals surface area contributed by atoms with Crippen molar-refractivity contribution in [2.24, 2.45) is 5.92 Å². The number of carbonyl (C=O) groups is 1. The molecule has 7 nitrogen and oxygen atoms in total. The van der Waals surface area contributed by atoms with Crippen LogP contribution < -0.4 is 14.5 Å². The number of piperidine rings is 1. The molecule has 2 fully saturated rings. The number of aromatic nitrogens is 3. The van der Waals surface area contributed by atoms with E-state index in [4.69, 9.17) is 4.74 Å². The molecule has 3 aliphatic rings. The number of carbonyl (C=O) groups excluding carboxylic acids is 1. The lowest BCUT2D eigenvalue weighted by molar-refractivity contribution is -0.116. The van der Waals surface area contributed by atoms with Crippen LogP contribution >= 0.6 is 11.8 Å². The van der Waals surface area contributed by atoms with Crippen molar-refractivity contribution in [3.63, 3.8) is 0 Å². The SMILES string of the molecule is COc1ccc2c(c1)CCCN2C(=O)CSc1nnc(N2CCC(C)CC2)n1C1CC1. The number of rotatable bonds is 6. The summed E-state index contributed by atoms with van der Waals surface area (Å²) in [6, 6.07) is 6.49. The van der Waals surface area contributed by atoms with Gasteiger partial charge in [0.05, 0.1) is 12.9 Å². The summed E-state index contributed by atoms with van der Waals surface area (Å²) in [4.78, 5) is 17.4. The molecule has 0 radical (unpaired) electrons. The minimum atomic E-state index is 0.134. The standard InChI is InChI=1S/C23H31N5O2S/c1-16-9-12-26(13-10-16)22-24-25-23(28(22)18-5-6-18)31-15-21(29)27-11-3-4-17-14-19(30-2)7-8-20(17)27/h7-8,14,16,18H,3-6,9-13,15H2,1-2H3. The quantitative estimate of drug-likeness (QED) is 0.633. The van der Waals surface area contributed by atoms with Gasteiger partial charge >= 0.3 is 0 Å². The summed E-state index contributed by atoms with van der Waals surface area (Å²) < 4.78 is 7.65. The van der Waals surface area contributed by atoms with Crippen LogP contribution in [0.15, 0.2) is 23.4 Å². The second-order valence-corrected chi connectivity index (χ2v) is 9.93. The maximum atomic E-state index is 13.1. The minimum Gasteiger partial charge on any atom is -0.497 e. The summed E-state index contributed by atoms with van der Waals surface area (Å²) in [5, 5.41) is 9.94. The lowest BCUT2D eigenvalue weighted by Gasteiger charge is -2.31. The van der Waals surface area contributed by atoms with Crippen molar-refractivity contribution in [2.45, 2.75) is 56.6 Å².